The molecule has 2 heterocycles. The maximum absolute atomic E-state index is 9.61. The number of anilines is 1. The van der Waals surface area contributed by atoms with E-state index in [9.17, 15) is 5.11 Å². The van der Waals surface area contributed by atoms with Crippen LogP contribution in [0.5, 0.6) is 0 Å². The van der Waals surface area contributed by atoms with Gasteiger partial charge in [-0.15, -0.1) is 0 Å². The molecular formula is C12H16N4O. The molecule has 5 nitrogen and oxygen atoms in total. The van der Waals surface area contributed by atoms with Gasteiger partial charge in [-0.25, -0.2) is 9.97 Å². The van der Waals surface area contributed by atoms with Gasteiger partial charge in [0.1, 0.15) is 17.8 Å². The van der Waals surface area contributed by atoms with Crippen molar-refractivity contribution in [1.29, 1.82) is 0 Å². The zero-order valence-corrected chi connectivity index (χ0v) is 9.80. The molecule has 0 bridgehead atoms. The van der Waals surface area contributed by atoms with E-state index in [2.05, 4.69) is 19.9 Å². The molecule has 1 aliphatic carbocycles. The van der Waals surface area contributed by atoms with Gasteiger partial charge >= 0.3 is 0 Å². The average Bonchev–Trinajstić information content (AvgIpc) is 2.94. The largest absolute Gasteiger partial charge is 0.393 e. The summed E-state index contributed by atoms with van der Waals surface area (Å²) in [7, 11) is 1.86. The van der Waals surface area contributed by atoms with Gasteiger partial charge in [0.2, 0.25) is 0 Å². The molecule has 90 valence electrons. The van der Waals surface area contributed by atoms with Crippen molar-refractivity contribution in [2.24, 2.45) is 0 Å². The van der Waals surface area contributed by atoms with E-state index in [0.717, 1.165) is 36.1 Å². The van der Waals surface area contributed by atoms with Gasteiger partial charge in [-0.3, -0.25) is 0 Å². The monoisotopic (exact) mass is 232 g/mol. The lowest BCUT2D eigenvalue weighted by Gasteiger charge is -2.12. The van der Waals surface area contributed by atoms with Crippen molar-refractivity contribution in [1.82, 2.24) is 14.5 Å². The van der Waals surface area contributed by atoms with Gasteiger partial charge < -0.3 is 15.0 Å². The van der Waals surface area contributed by atoms with Crippen molar-refractivity contribution < 1.29 is 5.11 Å². The van der Waals surface area contributed by atoms with Crippen molar-refractivity contribution in [2.75, 3.05) is 12.4 Å². The van der Waals surface area contributed by atoms with Crippen LogP contribution in [0.4, 0.5) is 5.82 Å². The number of aromatic nitrogens is 3. The lowest BCUT2D eigenvalue weighted by atomic mass is 10.2. The summed E-state index contributed by atoms with van der Waals surface area (Å²) in [5.41, 5.74) is 0.948. The van der Waals surface area contributed by atoms with Crippen LogP contribution in [-0.2, 0) is 0 Å². The second kappa shape index (κ2) is 4.00. The first-order valence-corrected chi connectivity index (χ1v) is 5.97. The van der Waals surface area contributed by atoms with Gasteiger partial charge in [0.25, 0.3) is 0 Å². The van der Waals surface area contributed by atoms with E-state index in [1.165, 1.54) is 0 Å². The predicted molar refractivity (Wildman–Crippen MR) is 66.0 cm³/mol. The van der Waals surface area contributed by atoms with Crippen LogP contribution in [0.3, 0.4) is 0 Å². The van der Waals surface area contributed by atoms with Crippen LogP contribution in [0.1, 0.15) is 25.3 Å². The third-order valence-electron chi connectivity index (χ3n) is 3.52. The normalized spacial score (nSPS) is 24.4. The fourth-order valence-electron chi connectivity index (χ4n) is 2.65. The van der Waals surface area contributed by atoms with Crippen LogP contribution in [-0.4, -0.2) is 32.8 Å². The Hall–Kier alpha value is -1.62. The van der Waals surface area contributed by atoms with E-state index >= 15 is 0 Å². The van der Waals surface area contributed by atoms with Crippen LogP contribution < -0.4 is 5.32 Å². The number of hydrogen-bond donors (Lipinski definition) is 2. The van der Waals surface area contributed by atoms with E-state index < -0.39 is 0 Å². The summed E-state index contributed by atoms with van der Waals surface area (Å²) in [6.45, 7) is 0. The molecule has 1 aliphatic rings. The average molecular weight is 232 g/mol. The molecule has 2 aromatic rings. The molecule has 0 spiro atoms. The van der Waals surface area contributed by atoms with Gasteiger partial charge in [-0.2, -0.15) is 0 Å². The topological polar surface area (TPSA) is 63.0 Å². The molecular weight excluding hydrogens is 216 g/mol. The number of nitrogens with one attached hydrogen (secondary N) is 1. The highest BCUT2D eigenvalue weighted by Gasteiger charge is 2.25. The van der Waals surface area contributed by atoms with Crippen molar-refractivity contribution >= 4 is 16.9 Å². The van der Waals surface area contributed by atoms with Crippen LogP contribution in [0, 0.1) is 0 Å². The summed E-state index contributed by atoms with van der Waals surface area (Å²) in [5, 5.41) is 13.7. The number of hydrogen-bond acceptors (Lipinski definition) is 4. The Morgan fingerprint density at radius 3 is 3.00 bits per heavy atom. The SMILES string of the molecule is CNc1ncnc2c1ccn2[C@@H]1CC[C@@H](O)C1. The Bertz CT molecular complexity index is 536. The minimum atomic E-state index is -0.164. The molecule has 0 radical (unpaired) electrons. The van der Waals surface area contributed by atoms with E-state index in [1.807, 2.05) is 19.3 Å². The highest BCUT2D eigenvalue weighted by molar-refractivity contribution is 5.87. The van der Waals surface area contributed by atoms with Crippen molar-refractivity contribution in [3.63, 3.8) is 0 Å². The van der Waals surface area contributed by atoms with Crippen LogP contribution in [0.15, 0.2) is 18.6 Å². The molecule has 1 fully saturated rings. The van der Waals surface area contributed by atoms with Crippen molar-refractivity contribution in [3.05, 3.63) is 18.6 Å². The number of aliphatic hydroxyl groups excluding tert-OH is 1. The molecule has 0 amide bonds. The highest BCUT2D eigenvalue weighted by Crippen LogP contribution is 2.33. The zero-order valence-electron chi connectivity index (χ0n) is 9.80. The summed E-state index contributed by atoms with van der Waals surface area (Å²) in [4.78, 5) is 8.54. The van der Waals surface area contributed by atoms with Gasteiger partial charge in [-0.05, 0) is 25.3 Å². The minimum absolute atomic E-state index is 0.164. The van der Waals surface area contributed by atoms with Gasteiger partial charge in [0.15, 0.2) is 0 Å². The standard InChI is InChI=1S/C12H16N4O/c1-13-11-10-4-5-16(12(10)15-7-14-11)8-2-3-9(17)6-8/h4-5,7-9,17H,2-3,6H2,1H3,(H,13,14,15)/t8-,9-/m1/s1. The van der Waals surface area contributed by atoms with Gasteiger partial charge in [0, 0.05) is 19.3 Å². The second-order valence-electron chi connectivity index (χ2n) is 4.55. The third-order valence-corrected chi connectivity index (χ3v) is 3.52. The number of aliphatic hydroxyl groups is 1. The summed E-state index contributed by atoms with van der Waals surface area (Å²) in [6.07, 6.45) is 6.18. The quantitative estimate of drug-likeness (QED) is 0.824. The molecule has 17 heavy (non-hydrogen) atoms. The highest BCUT2D eigenvalue weighted by atomic mass is 16.3. The van der Waals surface area contributed by atoms with Crippen LogP contribution in [0.25, 0.3) is 11.0 Å². The lowest BCUT2D eigenvalue weighted by molar-refractivity contribution is 0.178. The molecule has 1 saturated carbocycles. The Labute approximate surface area is 99.5 Å². The molecule has 0 unspecified atom stereocenters. The summed E-state index contributed by atoms with van der Waals surface area (Å²) >= 11 is 0. The second-order valence-corrected chi connectivity index (χ2v) is 4.55. The van der Waals surface area contributed by atoms with Crippen LogP contribution >= 0.6 is 0 Å². The van der Waals surface area contributed by atoms with Gasteiger partial charge in [-0.1, -0.05) is 0 Å². The first kappa shape index (κ1) is 10.5. The lowest BCUT2D eigenvalue weighted by Crippen LogP contribution is -2.07. The van der Waals surface area contributed by atoms with E-state index in [1.54, 1.807) is 6.33 Å². The maximum atomic E-state index is 9.61. The van der Waals surface area contributed by atoms with E-state index in [0.29, 0.717) is 6.04 Å². The summed E-state index contributed by atoms with van der Waals surface area (Å²) in [6, 6.07) is 2.40. The summed E-state index contributed by atoms with van der Waals surface area (Å²) < 4.78 is 2.16. The smallest absolute Gasteiger partial charge is 0.145 e. The number of fused-ring (bicyclic) bond motifs is 1. The minimum Gasteiger partial charge on any atom is -0.393 e. The molecule has 0 aromatic carbocycles. The Kier molecular flexibility index (Phi) is 2.48. The predicted octanol–water partition coefficient (Wildman–Crippen LogP) is 1.56. The van der Waals surface area contributed by atoms with Crippen molar-refractivity contribution in [3.8, 4) is 0 Å². The molecule has 3 rings (SSSR count). The maximum Gasteiger partial charge on any atom is 0.145 e. The van der Waals surface area contributed by atoms with E-state index in [4.69, 9.17) is 0 Å². The van der Waals surface area contributed by atoms with Gasteiger partial charge in [0.05, 0.1) is 11.5 Å². The third kappa shape index (κ3) is 1.67. The Morgan fingerprint density at radius 2 is 2.29 bits per heavy atom. The first-order chi connectivity index (χ1) is 8.29. The first-order valence-electron chi connectivity index (χ1n) is 5.97. The Morgan fingerprint density at radius 1 is 1.41 bits per heavy atom. The number of nitrogens with zero attached hydrogens (tertiary/aromatic N) is 3. The molecule has 0 aliphatic heterocycles. The number of rotatable bonds is 2. The fraction of sp³-hybridized carbons (Fsp3) is 0.500. The molecule has 2 atom stereocenters. The summed E-state index contributed by atoms with van der Waals surface area (Å²) in [5.74, 6) is 0.854. The van der Waals surface area contributed by atoms with E-state index in [-0.39, 0.29) is 6.10 Å². The van der Waals surface area contributed by atoms with Crippen molar-refractivity contribution in [2.45, 2.75) is 31.4 Å². The molecule has 0 saturated heterocycles. The molecule has 5 heteroatoms. The fourth-order valence-corrected chi connectivity index (χ4v) is 2.65. The van der Waals surface area contributed by atoms with Crippen LogP contribution in [0.2, 0.25) is 0 Å². The zero-order chi connectivity index (χ0) is 11.8. The molecule has 2 aromatic heterocycles. The molecule has 2 N–H and O–H groups in total. The Balaban J connectivity index is 2.06.